The molecule has 0 spiro atoms. The molecule has 0 aliphatic heterocycles. The molecule has 11 nitrogen and oxygen atoms in total. The maximum atomic E-state index is 12.4. The van der Waals surface area contributed by atoms with E-state index in [2.05, 4.69) is 35.3 Å². The van der Waals surface area contributed by atoms with Crippen LogP contribution in [0.15, 0.2) is 18.7 Å². The number of aromatic amines is 1. The highest BCUT2D eigenvalue weighted by atomic mass is 16.5. The van der Waals surface area contributed by atoms with Crippen LogP contribution in [0.25, 0.3) is 16.8 Å². The smallest absolute Gasteiger partial charge is 0.306 e. The molecule has 0 aliphatic carbocycles. The fourth-order valence-corrected chi connectivity index (χ4v) is 3.42. The molecule has 4 aromatic rings. The van der Waals surface area contributed by atoms with Crippen LogP contribution in [0.1, 0.15) is 36.0 Å². The van der Waals surface area contributed by atoms with Crippen LogP contribution in [0.4, 0.5) is 5.82 Å². The summed E-state index contributed by atoms with van der Waals surface area (Å²) in [6.07, 6.45) is 2.32. The summed E-state index contributed by atoms with van der Waals surface area (Å²) in [5, 5.41) is 7.07. The largest absolute Gasteiger partial charge is 0.453 e. The van der Waals surface area contributed by atoms with E-state index in [0.29, 0.717) is 17.6 Å². The molecule has 1 amide bonds. The van der Waals surface area contributed by atoms with Crippen LogP contribution < -0.4 is 5.32 Å². The molecule has 0 saturated carbocycles. The molecule has 4 aromatic heterocycles. The third kappa shape index (κ3) is 4.06. The van der Waals surface area contributed by atoms with E-state index in [4.69, 9.17) is 4.74 Å². The molecule has 1 unspecified atom stereocenters. The molecule has 160 valence electrons. The van der Waals surface area contributed by atoms with Gasteiger partial charge in [-0.15, -0.1) is 0 Å². The number of aromatic nitrogens is 7. The van der Waals surface area contributed by atoms with E-state index in [1.807, 2.05) is 26.8 Å². The summed E-state index contributed by atoms with van der Waals surface area (Å²) in [5.41, 5.74) is 5.29. The minimum atomic E-state index is -0.989. The standard InChI is InChI=1S/C20H22N8O3/c1-10-7-15-25-11(2)14(12(3)28(15)27-10)5-6-16(29)31-13(4)20(30)26-19-17-18(22-8-21-17)23-9-24-19/h7-9,13H,5-6H2,1-4H3,(H2,21,22,23,24,26,30). The number of imidazole rings is 1. The van der Waals surface area contributed by atoms with Gasteiger partial charge in [0.2, 0.25) is 0 Å². The zero-order valence-electron chi connectivity index (χ0n) is 17.6. The third-order valence-corrected chi connectivity index (χ3v) is 5.01. The minimum Gasteiger partial charge on any atom is -0.453 e. The number of fused-ring (bicyclic) bond motifs is 2. The van der Waals surface area contributed by atoms with Gasteiger partial charge in [-0.1, -0.05) is 0 Å². The molecule has 0 aliphatic rings. The van der Waals surface area contributed by atoms with Gasteiger partial charge < -0.3 is 15.0 Å². The number of ether oxygens (including phenoxy) is 1. The number of esters is 1. The molecule has 0 bridgehead atoms. The summed E-state index contributed by atoms with van der Waals surface area (Å²) in [6, 6.07) is 1.91. The van der Waals surface area contributed by atoms with Gasteiger partial charge >= 0.3 is 5.97 Å². The monoisotopic (exact) mass is 422 g/mol. The molecule has 0 saturated heterocycles. The Balaban J connectivity index is 1.38. The first-order valence-corrected chi connectivity index (χ1v) is 9.80. The molecule has 11 heteroatoms. The Hall–Kier alpha value is -3.89. The lowest BCUT2D eigenvalue weighted by Crippen LogP contribution is -2.30. The second-order valence-corrected chi connectivity index (χ2v) is 7.26. The number of carbonyl (C=O) groups is 2. The number of nitrogens with zero attached hydrogens (tertiary/aromatic N) is 6. The van der Waals surface area contributed by atoms with Crippen molar-refractivity contribution in [1.82, 2.24) is 34.5 Å². The molecule has 31 heavy (non-hydrogen) atoms. The van der Waals surface area contributed by atoms with E-state index in [1.54, 1.807) is 4.52 Å². The molecular formula is C20H22N8O3. The van der Waals surface area contributed by atoms with Crippen molar-refractivity contribution in [1.29, 1.82) is 0 Å². The van der Waals surface area contributed by atoms with E-state index >= 15 is 0 Å². The van der Waals surface area contributed by atoms with Crippen molar-refractivity contribution in [3.63, 3.8) is 0 Å². The van der Waals surface area contributed by atoms with Gasteiger partial charge in [-0.3, -0.25) is 9.59 Å². The maximum absolute atomic E-state index is 12.4. The van der Waals surface area contributed by atoms with Crippen LogP contribution in [0.3, 0.4) is 0 Å². The van der Waals surface area contributed by atoms with Gasteiger partial charge in [0.1, 0.15) is 11.8 Å². The third-order valence-electron chi connectivity index (χ3n) is 5.01. The van der Waals surface area contributed by atoms with Gasteiger partial charge in [0.05, 0.1) is 12.0 Å². The van der Waals surface area contributed by atoms with E-state index in [9.17, 15) is 9.59 Å². The number of carbonyl (C=O) groups excluding carboxylic acids is 2. The number of hydrogen-bond acceptors (Lipinski definition) is 8. The summed E-state index contributed by atoms with van der Waals surface area (Å²) >= 11 is 0. The van der Waals surface area contributed by atoms with Crippen molar-refractivity contribution in [2.75, 3.05) is 5.32 Å². The summed E-state index contributed by atoms with van der Waals surface area (Å²) in [7, 11) is 0. The molecule has 4 rings (SSSR count). The van der Waals surface area contributed by atoms with Gasteiger partial charge in [0.25, 0.3) is 5.91 Å². The predicted octanol–water partition coefficient (Wildman–Crippen LogP) is 1.82. The molecular weight excluding hydrogens is 400 g/mol. The zero-order valence-corrected chi connectivity index (χ0v) is 17.6. The zero-order chi connectivity index (χ0) is 22.1. The van der Waals surface area contributed by atoms with Crippen molar-refractivity contribution in [2.45, 2.75) is 46.6 Å². The quantitative estimate of drug-likeness (QED) is 0.449. The van der Waals surface area contributed by atoms with Crippen molar-refractivity contribution >= 4 is 34.5 Å². The Morgan fingerprint density at radius 2 is 2.03 bits per heavy atom. The molecule has 1 atom stereocenters. The lowest BCUT2D eigenvalue weighted by Gasteiger charge is -2.14. The van der Waals surface area contributed by atoms with Crippen LogP contribution in [0.2, 0.25) is 0 Å². The summed E-state index contributed by atoms with van der Waals surface area (Å²) in [4.78, 5) is 44.3. The van der Waals surface area contributed by atoms with E-state index in [0.717, 1.165) is 28.3 Å². The highest BCUT2D eigenvalue weighted by Crippen LogP contribution is 2.18. The maximum Gasteiger partial charge on any atom is 0.306 e. The number of amides is 1. The molecule has 4 heterocycles. The van der Waals surface area contributed by atoms with Crippen molar-refractivity contribution in [3.8, 4) is 0 Å². The Bertz CT molecular complexity index is 1290. The van der Waals surface area contributed by atoms with E-state index < -0.39 is 18.0 Å². The highest BCUT2D eigenvalue weighted by molar-refractivity contribution is 5.99. The summed E-state index contributed by atoms with van der Waals surface area (Å²) in [5.74, 6) is -0.700. The number of aryl methyl sites for hydroxylation is 3. The lowest BCUT2D eigenvalue weighted by molar-refractivity contribution is -0.153. The van der Waals surface area contributed by atoms with Gasteiger partial charge in [-0.05, 0) is 39.7 Å². The van der Waals surface area contributed by atoms with Gasteiger partial charge in [0, 0.05) is 23.9 Å². The fraction of sp³-hybridized carbons (Fsp3) is 0.350. The van der Waals surface area contributed by atoms with E-state index in [1.165, 1.54) is 19.6 Å². The Labute approximate surface area is 177 Å². The molecule has 0 radical (unpaired) electrons. The molecule has 0 fully saturated rings. The second kappa shape index (κ2) is 8.09. The average molecular weight is 422 g/mol. The topological polar surface area (TPSA) is 140 Å². The number of anilines is 1. The highest BCUT2D eigenvalue weighted by Gasteiger charge is 2.21. The van der Waals surface area contributed by atoms with Crippen molar-refractivity contribution in [2.24, 2.45) is 0 Å². The van der Waals surface area contributed by atoms with Gasteiger partial charge in [-0.2, -0.15) is 5.10 Å². The minimum absolute atomic E-state index is 0.116. The normalized spacial score (nSPS) is 12.3. The number of H-pyrrole nitrogens is 1. The molecule has 2 N–H and O–H groups in total. The first-order valence-electron chi connectivity index (χ1n) is 9.80. The van der Waals surface area contributed by atoms with Crippen molar-refractivity contribution in [3.05, 3.63) is 41.4 Å². The van der Waals surface area contributed by atoms with Crippen LogP contribution >= 0.6 is 0 Å². The van der Waals surface area contributed by atoms with Crippen LogP contribution in [-0.2, 0) is 20.7 Å². The summed E-state index contributed by atoms with van der Waals surface area (Å²) < 4.78 is 7.08. The first kappa shape index (κ1) is 20.4. The van der Waals surface area contributed by atoms with Crippen LogP contribution in [0, 0.1) is 20.8 Å². The number of hydrogen-bond donors (Lipinski definition) is 2. The Morgan fingerprint density at radius 3 is 2.84 bits per heavy atom. The van der Waals surface area contributed by atoms with Crippen LogP contribution in [0.5, 0.6) is 0 Å². The fourth-order valence-electron chi connectivity index (χ4n) is 3.42. The first-order chi connectivity index (χ1) is 14.8. The van der Waals surface area contributed by atoms with Crippen molar-refractivity contribution < 1.29 is 14.3 Å². The lowest BCUT2D eigenvalue weighted by atomic mass is 10.1. The number of nitrogens with one attached hydrogen (secondary N) is 2. The van der Waals surface area contributed by atoms with Gasteiger partial charge in [-0.25, -0.2) is 24.5 Å². The predicted molar refractivity (Wildman–Crippen MR) is 111 cm³/mol. The molecule has 0 aromatic carbocycles. The average Bonchev–Trinajstić information content (AvgIpc) is 3.34. The SMILES string of the molecule is Cc1cc2nc(C)c(CCC(=O)OC(C)C(=O)Nc3ncnc4nc[nH]c34)c(C)n2n1. The van der Waals surface area contributed by atoms with E-state index in [-0.39, 0.29) is 12.2 Å². The second-order valence-electron chi connectivity index (χ2n) is 7.26. The van der Waals surface area contributed by atoms with Gasteiger partial charge in [0.15, 0.2) is 23.2 Å². The van der Waals surface area contributed by atoms with Crippen LogP contribution in [-0.4, -0.2) is 52.5 Å². The Morgan fingerprint density at radius 1 is 1.23 bits per heavy atom. The summed E-state index contributed by atoms with van der Waals surface area (Å²) in [6.45, 7) is 7.27. The number of rotatable bonds is 6. The Kier molecular flexibility index (Phi) is 5.32.